The fraction of sp³-hybridized carbons (Fsp3) is 0.714. The van der Waals surface area contributed by atoms with Crippen LogP contribution in [0.4, 0.5) is 5.13 Å². The highest BCUT2D eigenvalue weighted by Gasteiger charge is 2.41. The van der Waals surface area contributed by atoms with Gasteiger partial charge in [0.25, 0.3) is 0 Å². The molecule has 0 aliphatic heterocycles. The van der Waals surface area contributed by atoms with Crippen LogP contribution in [0, 0.1) is 11.3 Å². The summed E-state index contributed by atoms with van der Waals surface area (Å²) in [6.07, 6.45) is 4.46. The van der Waals surface area contributed by atoms with Gasteiger partial charge in [0.1, 0.15) is 0 Å². The summed E-state index contributed by atoms with van der Waals surface area (Å²) in [4.78, 5) is 16.0. The minimum atomic E-state index is -0.667. The van der Waals surface area contributed by atoms with E-state index in [4.69, 9.17) is 0 Å². The van der Waals surface area contributed by atoms with Gasteiger partial charge in [-0.3, -0.25) is 4.79 Å². The standard InChI is InChI=1S/C14H22N2O2S/c1-3-11-8-19-13(16-11)15-9-14(12(17)18)6-4-10(2)5-7-14/h8,10H,3-7,9H2,1-2H3,(H,15,16)(H,17,18). The van der Waals surface area contributed by atoms with Crippen molar-refractivity contribution in [3.63, 3.8) is 0 Å². The number of carboxylic acids is 1. The van der Waals surface area contributed by atoms with Crippen molar-refractivity contribution >= 4 is 22.4 Å². The van der Waals surface area contributed by atoms with Crippen molar-refractivity contribution in [2.24, 2.45) is 11.3 Å². The van der Waals surface area contributed by atoms with Crippen molar-refractivity contribution in [1.29, 1.82) is 0 Å². The minimum Gasteiger partial charge on any atom is -0.481 e. The lowest BCUT2D eigenvalue weighted by molar-refractivity contribution is -0.150. The van der Waals surface area contributed by atoms with Crippen LogP contribution >= 0.6 is 11.3 Å². The predicted octanol–water partition coefficient (Wildman–Crippen LogP) is 3.40. The molecule has 106 valence electrons. The van der Waals surface area contributed by atoms with Gasteiger partial charge in [-0.2, -0.15) is 0 Å². The first kappa shape index (κ1) is 14.3. The van der Waals surface area contributed by atoms with Crippen LogP contribution < -0.4 is 5.32 Å². The van der Waals surface area contributed by atoms with Crippen LogP contribution in [-0.2, 0) is 11.2 Å². The molecule has 0 spiro atoms. The fourth-order valence-electron chi connectivity index (χ4n) is 2.58. The van der Waals surface area contributed by atoms with Crippen molar-refractivity contribution < 1.29 is 9.90 Å². The largest absolute Gasteiger partial charge is 0.481 e. The number of nitrogens with zero attached hydrogens (tertiary/aromatic N) is 1. The maximum Gasteiger partial charge on any atom is 0.311 e. The van der Waals surface area contributed by atoms with E-state index in [-0.39, 0.29) is 0 Å². The number of aryl methyl sites for hydroxylation is 1. The molecule has 5 heteroatoms. The highest BCUT2D eigenvalue weighted by molar-refractivity contribution is 7.13. The molecule has 2 rings (SSSR count). The lowest BCUT2D eigenvalue weighted by Crippen LogP contribution is -2.41. The molecule has 0 unspecified atom stereocenters. The summed E-state index contributed by atoms with van der Waals surface area (Å²) >= 11 is 1.56. The Kier molecular flexibility index (Phi) is 4.45. The number of nitrogens with one attached hydrogen (secondary N) is 1. The third-order valence-corrected chi connectivity index (χ3v) is 5.03. The van der Waals surface area contributed by atoms with Crippen molar-refractivity contribution in [2.45, 2.75) is 46.0 Å². The number of thiazole rings is 1. The smallest absolute Gasteiger partial charge is 0.311 e. The van der Waals surface area contributed by atoms with E-state index in [0.717, 1.165) is 42.9 Å². The van der Waals surface area contributed by atoms with Crippen LogP contribution in [0.1, 0.15) is 45.2 Å². The number of aliphatic carboxylic acids is 1. The van der Waals surface area contributed by atoms with Gasteiger partial charge in [0.2, 0.25) is 0 Å². The van der Waals surface area contributed by atoms with E-state index in [1.54, 1.807) is 11.3 Å². The number of rotatable bonds is 5. The Labute approximate surface area is 118 Å². The van der Waals surface area contributed by atoms with Crippen LogP contribution in [0.3, 0.4) is 0 Å². The Morgan fingerprint density at radius 2 is 2.26 bits per heavy atom. The molecule has 0 radical (unpaired) electrons. The highest BCUT2D eigenvalue weighted by Crippen LogP contribution is 2.39. The molecule has 1 fully saturated rings. The molecular weight excluding hydrogens is 260 g/mol. The summed E-state index contributed by atoms with van der Waals surface area (Å²) in [7, 11) is 0. The maximum atomic E-state index is 11.6. The lowest BCUT2D eigenvalue weighted by atomic mass is 9.71. The molecule has 0 bridgehead atoms. The molecule has 4 nitrogen and oxygen atoms in total. The molecular formula is C14H22N2O2S. The number of aromatic nitrogens is 1. The molecule has 2 N–H and O–H groups in total. The summed E-state index contributed by atoms with van der Waals surface area (Å²) < 4.78 is 0. The number of anilines is 1. The van der Waals surface area contributed by atoms with Gasteiger partial charge >= 0.3 is 5.97 Å². The minimum absolute atomic E-state index is 0.492. The lowest BCUT2D eigenvalue weighted by Gasteiger charge is -2.35. The van der Waals surface area contributed by atoms with Crippen LogP contribution in [-0.4, -0.2) is 22.6 Å². The zero-order valence-corrected chi connectivity index (χ0v) is 12.4. The van der Waals surface area contributed by atoms with E-state index in [0.29, 0.717) is 12.5 Å². The molecule has 1 aromatic rings. The molecule has 19 heavy (non-hydrogen) atoms. The second-order valence-corrected chi connectivity index (χ2v) is 6.48. The Balaban J connectivity index is 1.99. The first-order chi connectivity index (χ1) is 9.05. The van der Waals surface area contributed by atoms with Gasteiger partial charge < -0.3 is 10.4 Å². The number of hydrogen-bond donors (Lipinski definition) is 2. The van der Waals surface area contributed by atoms with Gasteiger partial charge in [0.05, 0.1) is 11.1 Å². The molecule has 1 aliphatic carbocycles. The Morgan fingerprint density at radius 1 is 1.58 bits per heavy atom. The van der Waals surface area contributed by atoms with Gasteiger partial charge in [0.15, 0.2) is 5.13 Å². The normalized spacial score (nSPS) is 27.2. The molecule has 1 aliphatic rings. The van der Waals surface area contributed by atoms with Crippen molar-refractivity contribution in [2.75, 3.05) is 11.9 Å². The first-order valence-electron chi connectivity index (χ1n) is 6.97. The summed E-state index contributed by atoms with van der Waals surface area (Å²) in [5.74, 6) is -0.0156. The van der Waals surface area contributed by atoms with E-state index in [1.165, 1.54) is 0 Å². The Bertz CT molecular complexity index is 436. The van der Waals surface area contributed by atoms with Crippen LogP contribution in [0.25, 0.3) is 0 Å². The van der Waals surface area contributed by atoms with Crippen molar-refractivity contribution in [1.82, 2.24) is 4.98 Å². The quantitative estimate of drug-likeness (QED) is 0.869. The summed E-state index contributed by atoms with van der Waals surface area (Å²) in [6, 6.07) is 0. The van der Waals surface area contributed by atoms with E-state index in [1.807, 2.05) is 5.38 Å². The van der Waals surface area contributed by atoms with Gasteiger partial charge in [-0.1, -0.05) is 13.8 Å². The SMILES string of the molecule is CCc1csc(NCC2(C(=O)O)CCC(C)CC2)n1. The van der Waals surface area contributed by atoms with E-state index >= 15 is 0 Å². The van der Waals surface area contributed by atoms with Gasteiger partial charge in [0, 0.05) is 11.9 Å². The second kappa shape index (κ2) is 5.90. The van der Waals surface area contributed by atoms with Gasteiger partial charge in [-0.15, -0.1) is 11.3 Å². The zero-order valence-electron chi connectivity index (χ0n) is 11.6. The third kappa shape index (κ3) is 3.26. The average Bonchev–Trinajstić information content (AvgIpc) is 2.86. The van der Waals surface area contributed by atoms with E-state index in [2.05, 4.69) is 24.1 Å². The zero-order chi connectivity index (χ0) is 13.9. The molecule has 0 amide bonds. The molecule has 1 saturated carbocycles. The summed E-state index contributed by atoms with van der Waals surface area (Å²) in [5.41, 5.74) is 0.457. The topological polar surface area (TPSA) is 62.2 Å². The van der Waals surface area contributed by atoms with Gasteiger partial charge in [-0.05, 0) is 38.0 Å². The van der Waals surface area contributed by atoms with Crippen molar-refractivity contribution in [3.8, 4) is 0 Å². The number of carbonyl (C=O) groups is 1. The highest BCUT2D eigenvalue weighted by atomic mass is 32.1. The maximum absolute atomic E-state index is 11.6. The average molecular weight is 282 g/mol. The molecule has 1 aromatic heterocycles. The number of hydrogen-bond acceptors (Lipinski definition) is 4. The Hall–Kier alpha value is -1.10. The second-order valence-electron chi connectivity index (χ2n) is 5.62. The summed E-state index contributed by atoms with van der Waals surface area (Å²) in [5, 5.41) is 15.7. The van der Waals surface area contributed by atoms with Crippen molar-refractivity contribution in [3.05, 3.63) is 11.1 Å². The van der Waals surface area contributed by atoms with E-state index < -0.39 is 11.4 Å². The predicted molar refractivity (Wildman–Crippen MR) is 77.7 cm³/mol. The molecule has 0 atom stereocenters. The molecule has 0 aromatic carbocycles. The van der Waals surface area contributed by atoms with Crippen LogP contribution in [0.5, 0.6) is 0 Å². The van der Waals surface area contributed by atoms with E-state index in [9.17, 15) is 9.90 Å². The Morgan fingerprint density at radius 3 is 2.79 bits per heavy atom. The molecule has 0 saturated heterocycles. The van der Waals surface area contributed by atoms with Gasteiger partial charge in [-0.25, -0.2) is 4.98 Å². The first-order valence-corrected chi connectivity index (χ1v) is 7.85. The number of carboxylic acid groups (broad SMARTS) is 1. The van der Waals surface area contributed by atoms with Crippen LogP contribution in [0.2, 0.25) is 0 Å². The monoisotopic (exact) mass is 282 g/mol. The fourth-order valence-corrected chi connectivity index (χ4v) is 3.37. The summed E-state index contributed by atoms with van der Waals surface area (Å²) in [6.45, 7) is 4.76. The third-order valence-electron chi connectivity index (χ3n) is 4.18. The van der Waals surface area contributed by atoms with Crippen LogP contribution in [0.15, 0.2) is 5.38 Å². The molecule has 1 heterocycles.